The summed E-state index contributed by atoms with van der Waals surface area (Å²) in [6.45, 7) is 0.718. The van der Waals surface area contributed by atoms with E-state index < -0.39 is 0 Å². The van der Waals surface area contributed by atoms with Crippen LogP contribution >= 0.6 is 11.6 Å². The highest BCUT2D eigenvalue weighted by molar-refractivity contribution is 6.31. The van der Waals surface area contributed by atoms with E-state index in [0.29, 0.717) is 5.02 Å². The normalized spacial score (nSPS) is 10.3. The lowest BCUT2D eigenvalue weighted by molar-refractivity contribution is 0.475. The Bertz CT molecular complexity index is 276. The number of benzene rings is 1. The first-order valence-corrected chi connectivity index (χ1v) is 4.79. The van der Waals surface area contributed by atoms with Gasteiger partial charge in [0.15, 0.2) is 0 Å². The van der Waals surface area contributed by atoms with Gasteiger partial charge in [0, 0.05) is 5.02 Å². The Morgan fingerprint density at radius 3 is 2.69 bits per heavy atom. The van der Waals surface area contributed by atoms with E-state index in [9.17, 15) is 0 Å². The van der Waals surface area contributed by atoms with E-state index >= 15 is 0 Å². The van der Waals surface area contributed by atoms with Crippen LogP contribution in [0.1, 0.15) is 18.4 Å². The Labute approximate surface area is 83.3 Å². The number of unbranched alkanes of at least 4 members (excludes halogenated alkanes) is 1. The molecule has 13 heavy (non-hydrogen) atoms. The highest BCUT2D eigenvalue weighted by Crippen LogP contribution is 2.22. The van der Waals surface area contributed by atoms with Crippen molar-refractivity contribution < 1.29 is 5.11 Å². The number of hydrogen-bond acceptors (Lipinski definition) is 2. The molecule has 0 atom stereocenters. The van der Waals surface area contributed by atoms with Crippen molar-refractivity contribution in [2.24, 2.45) is 5.73 Å². The van der Waals surface area contributed by atoms with Crippen molar-refractivity contribution in [3.63, 3.8) is 0 Å². The third-order valence-electron chi connectivity index (χ3n) is 1.94. The third kappa shape index (κ3) is 3.25. The van der Waals surface area contributed by atoms with E-state index in [1.807, 2.05) is 6.07 Å². The van der Waals surface area contributed by atoms with Gasteiger partial charge in [-0.15, -0.1) is 0 Å². The molecular weight excluding hydrogens is 186 g/mol. The summed E-state index contributed by atoms with van der Waals surface area (Å²) in [7, 11) is 0. The number of aryl methyl sites for hydroxylation is 1. The highest BCUT2D eigenvalue weighted by atomic mass is 35.5. The van der Waals surface area contributed by atoms with Gasteiger partial charge in [-0.1, -0.05) is 17.7 Å². The number of hydrogen-bond donors (Lipinski definition) is 2. The Morgan fingerprint density at radius 1 is 1.31 bits per heavy atom. The number of phenols is 1. The van der Waals surface area contributed by atoms with Crippen molar-refractivity contribution in [1.29, 1.82) is 0 Å². The quantitative estimate of drug-likeness (QED) is 0.732. The molecule has 0 saturated carbocycles. The molecule has 0 saturated heterocycles. The van der Waals surface area contributed by atoms with E-state index in [4.69, 9.17) is 22.4 Å². The monoisotopic (exact) mass is 199 g/mol. The van der Waals surface area contributed by atoms with Gasteiger partial charge in [-0.05, 0) is 43.5 Å². The van der Waals surface area contributed by atoms with Crippen molar-refractivity contribution in [3.05, 3.63) is 28.8 Å². The van der Waals surface area contributed by atoms with Crippen LogP contribution in [-0.2, 0) is 6.42 Å². The van der Waals surface area contributed by atoms with Gasteiger partial charge >= 0.3 is 0 Å². The van der Waals surface area contributed by atoms with Gasteiger partial charge in [0.2, 0.25) is 0 Å². The summed E-state index contributed by atoms with van der Waals surface area (Å²) < 4.78 is 0. The fourth-order valence-electron chi connectivity index (χ4n) is 1.20. The van der Waals surface area contributed by atoms with E-state index in [1.54, 1.807) is 12.1 Å². The minimum atomic E-state index is 0.215. The minimum Gasteiger partial charge on any atom is -0.508 e. The summed E-state index contributed by atoms with van der Waals surface area (Å²) in [5.41, 5.74) is 6.46. The zero-order valence-corrected chi connectivity index (χ0v) is 8.22. The van der Waals surface area contributed by atoms with E-state index in [2.05, 4.69) is 0 Å². The molecule has 0 amide bonds. The summed E-state index contributed by atoms with van der Waals surface area (Å²) in [5.74, 6) is 0.215. The van der Waals surface area contributed by atoms with E-state index in [1.165, 1.54) is 0 Å². The topological polar surface area (TPSA) is 46.2 Å². The van der Waals surface area contributed by atoms with Crippen LogP contribution in [0, 0.1) is 0 Å². The maximum absolute atomic E-state index is 9.10. The van der Waals surface area contributed by atoms with Crippen LogP contribution < -0.4 is 5.73 Å². The molecule has 3 N–H and O–H groups in total. The molecule has 0 aliphatic rings. The number of aromatic hydroxyl groups is 1. The number of nitrogens with two attached hydrogens (primary N) is 1. The van der Waals surface area contributed by atoms with Gasteiger partial charge in [0.25, 0.3) is 0 Å². The van der Waals surface area contributed by atoms with E-state index in [-0.39, 0.29) is 5.75 Å². The summed E-state index contributed by atoms with van der Waals surface area (Å²) in [4.78, 5) is 0. The summed E-state index contributed by atoms with van der Waals surface area (Å²) in [6.07, 6.45) is 2.98. The van der Waals surface area contributed by atoms with Crippen molar-refractivity contribution in [1.82, 2.24) is 0 Å². The number of rotatable bonds is 4. The highest BCUT2D eigenvalue weighted by Gasteiger charge is 2.00. The second-order valence-electron chi connectivity index (χ2n) is 3.02. The first kappa shape index (κ1) is 10.4. The number of halogens is 1. The molecule has 0 aliphatic heterocycles. The van der Waals surface area contributed by atoms with Crippen LogP contribution in [0.4, 0.5) is 0 Å². The van der Waals surface area contributed by atoms with Gasteiger partial charge < -0.3 is 10.8 Å². The van der Waals surface area contributed by atoms with Crippen LogP contribution in [-0.4, -0.2) is 11.7 Å². The first-order chi connectivity index (χ1) is 6.24. The Balaban J connectivity index is 2.56. The third-order valence-corrected chi connectivity index (χ3v) is 2.29. The molecule has 0 spiro atoms. The van der Waals surface area contributed by atoms with Gasteiger partial charge in [0.1, 0.15) is 5.75 Å². The second-order valence-corrected chi connectivity index (χ2v) is 3.43. The van der Waals surface area contributed by atoms with Crippen LogP contribution in [0.2, 0.25) is 5.02 Å². The maximum Gasteiger partial charge on any atom is 0.117 e. The molecule has 1 aromatic rings. The van der Waals surface area contributed by atoms with Crippen LogP contribution in [0.3, 0.4) is 0 Å². The molecule has 72 valence electrons. The molecule has 1 aromatic carbocycles. The fourth-order valence-corrected chi connectivity index (χ4v) is 1.47. The van der Waals surface area contributed by atoms with Crippen molar-refractivity contribution in [3.8, 4) is 5.75 Å². The molecule has 0 aliphatic carbocycles. The summed E-state index contributed by atoms with van der Waals surface area (Å²) in [6, 6.07) is 5.08. The SMILES string of the molecule is NCCCCc1ccc(O)cc1Cl. The molecule has 0 bridgehead atoms. The van der Waals surface area contributed by atoms with Crippen molar-refractivity contribution in [2.45, 2.75) is 19.3 Å². The molecule has 0 unspecified atom stereocenters. The molecular formula is C10H14ClNO. The van der Waals surface area contributed by atoms with Gasteiger partial charge in [0.05, 0.1) is 0 Å². The van der Waals surface area contributed by atoms with Crippen LogP contribution in [0.25, 0.3) is 0 Å². The second kappa shape index (κ2) is 5.10. The average Bonchev–Trinajstić information content (AvgIpc) is 2.09. The predicted octanol–water partition coefficient (Wildman–Crippen LogP) is 2.33. The summed E-state index contributed by atoms with van der Waals surface area (Å²) >= 11 is 5.92. The standard InChI is InChI=1S/C10H14ClNO/c11-10-7-9(13)5-4-8(10)3-1-2-6-12/h4-5,7,13H,1-3,6,12H2. The smallest absolute Gasteiger partial charge is 0.117 e. The van der Waals surface area contributed by atoms with Gasteiger partial charge in [-0.3, -0.25) is 0 Å². The Hall–Kier alpha value is -0.730. The first-order valence-electron chi connectivity index (χ1n) is 4.41. The summed E-state index contributed by atoms with van der Waals surface area (Å²) in [5, 5.41) is 9.74. The minimum absolute atomic E-state index is 0.215. The van der Waals surface area contributed by atoms with E-state index in [0.717, 1.165) is 31.4 Å². The fraction of sp³-hybridized carbons (Fsp3) is 0.400. The average molecular weight is 200 g/mol. The maximum atomic E-state index is 9.10. The Kier molecular flexibility index (Phi) is 4.06. The van der Waals surface area contributed by atoms with Crippen molar-refractivity contribution >= 4 is 11.6 Å². The predicted molar refractivity (Wildman–Crippen MR) is 55.1 cm³/mol. The van der Waals surface area contributed by atoms with Gasteiger partial charge in [-0.25, -0.2) is 0 Å². The lowest BCUT2D eigenvalue weighted by atomic mass is 10.1. The lowest BCUT2D eigenvalue weighted by Gasteiger charge is -2.03. The van der Waals surface area contributed by atoms with Crippen LogP contribution in [0.5, 0.6) is 5.75 Å². The van der Waals surface area contributed by atoms with Crippen molar-refractivity contribution in [2.75, 3.05) is 6.54 Å². The zero-order valence-electron chi connectivity index (χ0n) is 7.46. The zero-order chi connectivity index (χ0) is 9.68. The van der Waals surface area contributed by atoms with Gasteiger partial charge in [-0.2, -0.15) is 0 Å². The molecule has 0 aromatic heterocycles. The molecule has 0 heterocycles. The largest absolute Gasteiger partial charge is 0.508 e. The molecule has 0 radical (unpaired) electrons. The molecule has 3 heteroatoms. The van der Waals surface area contributed by atoms with Crippen LogP contribution in [0.15, 0.2) is 18.2 Å². The number of phenolic OH excluding ortho intramolecular Hbond substituents is 1. The molecule has 0 fully saturated rings. The lowest BCUT2D eigenvalue weighted by Crippen LogP contribution is -1.99. The molecule has 2 nitrogen and oxygen atoms in total. The molecule has 1 rings (SSSR count). The Morgan fingerprint density at radius 2 is 2.08 bits per heavy atom.